The summed E-state index contributed by atoms with van der Waals surface area (Å²) in [6, 6.07) is 9.37. The normalized spacial score (nSPS) is 16.1. The number of hydrogen-bond donors (Lipinski definition) is 2. The molecule has 12 heteroatoms. The SMILES string of the molecule is CS(=O)(=O)c1ccc(-c2c[nH]c3c(=O)n(Cc4cc(F)ccc4C#N)c(N4CCC[C@@H](N)C4)nc23)cc1F. The van der Waals surface area contributed by atoms with E-state index in [9.17, 15) is 27.3 Å². The molecule has 0 bridgehead atoms. The second kappa shape index (κ2) is 9.66. The van der Waals surface area contributed by atoms with E-state index < -0.39 is 31.9 Å². The minimum atomic E-state index is -3.76. The van der Waals surface area contributed by atoms with Gasteiger partial charge in [-0.2, -0.15) is 5.26 Å². The fourth-order valence-electron chi connectivity index (χ4n) is 4.82. The number of nitrogens with two attached hydrogens (primary N) is 1. The molecule has 196 valence electrons. The lowest BCUT2D eigenvalue weighted by molar-refractivity contribution is 0.491. The van der Waals surface area contributed by atoms with Gasteiger partial charge in [0.25, 0.3) is 5.56 Å². The lowest BCUT2D eigenvalue weighted by Gasteiger charge is -2.33. The van der Waals surface area contributed by atoms with Crippen molar-refractivity contribution in [1.82, 2.24) is 14.5 Å². The van der Waals surface area contributed by atoms with Crippen molar-refractivity contribution in [3.8, 4) is 17.2 Å². The third kappa shape index (κ3) is 4.66. The molecule has 38 heavy (non-hydrogen) atoms. The summed E-state index contributed by atoms with van der Waals surface area (Å²) in [5.41, 5.74) is 7.44. The van der Waals surface area contributed by atoms with Crippen molar-refractivity contribution in [1.29, 1.82) is 5.26 Å². The van der Waals surface area contributed by atoms with Crippen LogP contribution in [0, 0.1) is 23.0 Å². The summed E-state index contributed by atoms with van der Waals surface area (Å²) in [6.45, 7) is 0.913. The quantitative estimate of drug-likeness (QED) is 0.398. The minimum absolute atomic E-state index is 0.102. The summed E-state index contributed by atoms with van der Waals surface area (Å²) in [5.74, 6) is -1.16. The molecule has 0 amide bonds. The predicted molar refractivity (Wildman–Crippen MR) is 138 cm³/mol. The van der Waals surface area contributed by atoms with Crippen molar-refractivity contribution in [3.63, 3.8) is 0 Å². The van der Waals surface area contributed by atoms with E-state index in [0.717, 1.165) is 25.2 Å². The molecular formula is C26H24F2N6O3S. The Morgan fingerprint density at radius 2 is 2.03 bits per heavy atom. The van der Waals surface area contributed by atoms with Gasteiger partial charge in [0.2, 0.25) is 5.95 Å². The van der Waals surface area contributed by atoms with Crippen molar-refractivity contribution >= 4 is 26.8 Å². The maximum Gasteiger partial charge on any atom is 0.279 e. The number of nitriles is 1. The molecule has 0 aliphatic carbocycles. The molecule has 1 fully saturated rings. The summed E-state index contributed by atoms with van der Waals surface area (Å²) in [5, 5.41) is 9.53. The molecule has 1 aliphatic heterocycles. The third-order valence-electron chi connectivity index (χ3n) is 6.66. The Morgan fingerprint density at radius 3 is 2.71 bits per heavy atom. The zero-order valence-electron chi connectivity index (χ0n) is 20.4. The molecule has 9 nitrogen and oxygen atoms in total. The zero-order valence-corrected chi connectivity index (χ0v) is 21.2. The average Bonchev–Trinajstić information content (AvgIpc) is 3.29. The number of nitrogens with zero attached hydrogens (tertiary/aromatic N) is 4. The van der Waals surface area contributed by atoms with E-state index in [1.807, 2.05) is 11.0 Å². The second-order valence-corrected chi connectivity index (χ2v) is 11.4. The van der Waals surface area contributed by atoms with Crippen LogP contribution in [0.1, 0.15) is 24.0 Å². The Morgan fingerprint density at radius 1 is 1.24 bits per heavy atom. The lowest BCUT2D eigenvalue weighted by Crippen LogP contribution is -2.45. The Hall–Kier alpha value is -4.08. The lowest BCUT2D eigenvalue weighted by atomic mass is 10.1. The largest absolute Gasteiger partial charge is 0.355 e. The molecule has 3 N–H and O–H groups in total. The molecule has 0 saturated carbocycles. The first kappa shape index (κ1) is 25.6. The van der Waals surface area contributed by atoms with Crippen LogP contribution in [-0.2, 0) is 16.4 Å². The zero-order chi connectivity index (χ0) is 27.2. The molecule has 1 aliphatic rings. The van der Waals surface area contributed by atoms with E-state index in [1.54, 1.807) is 0 Å². The van der Waals surface area contributed by atoms with Gasteiger partial charge in [-0.25, -0.2) is 22.2 Å². The fourth-order valence-corrected chi connectivity index (χ4v) is 5.55. The molecule has 5 rings (SSSR count). The fraction of sp³-hybridized carbons (Fsp3) is 0.269. The number of aromatic nitrogens is 3. The topological polar surface area (TPSA) is 138 Å². The highest BCUT2D eigenvalue weighted by atomic mass is 32.2. The van der Waals surface area contributed by atoms with Crippen LogP contribution in [0.2, 0.25) is 0 Å². The van der Waals surface area contributed by atoms with Gasteiger partial charge in [-0.15, -0.1) is 0 Å². The van der Waals surface area contributed by atoms with Crippen molar-refractivity contribution < 1.29 is 17.2 Å². The van der Waals surface area contributed by atoms with Gasteiger partial charge >= 0.3 is 0 Å². The van der Waals surface area contributed by atoms with Crippen LogP contribution >= 0.6 is 0 Å². The predicted octanol–water partition coefficient (Wildman–Crippen LogP) is 2.92. The van der Waals surface area contributed by atoms with Crippen molar-refractivity contribution in [2.75, 3.05) is 24.2 Å². The summed E-state index contributed by atoms with van der Waals surface area (Å²) < 4.78 is 53.8. The highest BCUT2D eigenvalue weighted by Gasteiger charge is 2.25. The molecule has 3 heterocycles. The summed E-state index contributed by atoms with van der Waals surface area (Å²) in [4.78, 5) is 22.9. The van der Waals surface area contributed by atoms with Crippen LogP contribution < -0.4 is 16.2 Å². The molecule has 2 aromatic heterocycles. The first-order chi connectivity index (χ1) is 18.1. The number of benzene rings is 2. The average molecular weight is 539 g/mol. The van der Waals surface area contributed by atoms with E-state index in [1.165, 1.54) is 41.1 Å². The summed E-state index contributed by atoms with van der Waals surface area (Å²) in [6.07, 6.45) is 4.02. The number of halogens is 2. The van der Waals surface area contributed by atoms with E-state index >= 15 is 0 Å². The van der Waals surface area contributed by atoms with Crippen LogP contribution in [0.15, 0.2) is 52.3 Å². The van der Waals surface area contributed by atoms with Crippen LogP contribution in [0.25, 0.3) is 22.2 Å². The van der Waals surface area contributed by atoms with Crippen LogP contribution in [0.3, 0.4) is 0 Å². The first-order valence-electron chi connectivity index (χ1n) is 11.9. The highest BCUT2D eigenvalue weighted by molar-refractivity contribution is 7.90. The summed E-state index contributed by atoms with van der Waals surface area (Å²) >= 11 is 0. The molecule has 1 atom stereocenters. The van der Waals surface area contributed by atoms with Gasteiger partial charge in [-0.3, -0.25) is 9.36 Å². The third-order valence-corrected chi connectivity index (χ3v) is 7.79. The van der Waals surface area contributed by atoms with Gasteiger partial charge in [0, 0.05) is 37.1 Å². The molecule has 0 radical (unpaired) electrons. The number of H-pyrrole nitrogens is 1. The van der Waals surface area contributed by atoms with E-state index in [4.69, 9.17) is 10.7 Å². The monoisotopic (exact) mass is 538 g/mol. The maximum atomic E-state index is 14.7. The first-order valence-corrected chi connectivity index (χ1v) is 13.8. The van der Waals surface area contributed by atoms with Gasteiger partial charge in [0.15, 0.2) is 9.84 Å². The number of nitrogens with one attached hydrogen (secondary N) is 1. The Bertz CT molecular complexity index is 1770. The Balaban J connectivity index is 1.71. The number of piperidine rings is 1. The Kier molecular flexibility index (Phi) is 6.50. The van der Waals surface area contributed by atoms with Crippen molar-refractivity contribution in [2.45, 2.75) is 30.3 Å². The van der Waals surface area contributed by atoms with Gasteiger partial charge in [-0.05, 0) is 54.3 Å². The van der Waals surface area contributed by atoms with E-state index in [-0.39, 0.29) is 29.2 Å². The minimum Gasteiger partial charge on any atom is -0.355 e. The Labute approximate surface area is 217 Å². The van der Waals surface area contributed by atoms with Gasteiger partial charge in [0.1, 0.15) is 27.6 Å². The highest BCUT2D eigenvalue weighted by Crippen LogP contribution is 2.30. The van der Waals surface area contributed by atoms with Crippen molar-refractivity contribution in [3.05, 3.63) is 75.7 Å². The van der Waals surface area contributed by atoms with E-state index in [0.29, 0.717) is 35.7 Å². The molecular weight excluding hydrogens is 514 g/mol. The number of fused-ring (bicyclic) bond motifs is 1. The number of sulfone groups is 1. The number of rotatable bonds is 5. The van der Waals surface area contributed by atoms with Gasteiger partial charge < -0.3 is 15.6 Å². The smallest absolute Gasteiger partial charge is 0.279 e. The standard InChI is InChI=1S/C26H24F2N6O3S/c1-38(36,37)22-7-5-15(10-21(22)28)20-12-31-24-23(20)32-26(33-8-2-3-19(30)14-33)34(25(24)35)13-17-9-18(27)6-4-16(17)11-29/h4-7,9-10,12,19,31H,2-3,8,13-14,30H2,1H3/t19-/m1/s1. The molecule has 0 unspecified atom stereocenters. The molecule has 2 aromatic carbocycles. The number of hydrogen-bond acceptors (Lipinski definition) is 7. The number of anilines is 1. The molecule has 1 saturated heterocycles. The molecule has 0 spiro atoms. The van der Waals surface area contributed by atoms with Crippen LogP contribution in [0.5, 0.6) is 0 Å². The van der Waals surface area contributed by atoms with Crippen molar-refractivity contribution in [2.24, 2.45) is 5.73 Å². The number of aromatic amines is 1. The summed E-state index contributed by atoms with van der Waals surface area (Å²) in [7, 11) is -3.76. The molecule has 4 aromatic rings. The van der Waals surface area contributed by atoms with Crippen LogP contribution in [-0.4, -0.2) is 48.3 Å². The van der Waals surface area contributed by atoms with Gasteiger partial charge in [-0.1, -0.05) is 6.07 Å². The van der Waals surface area contributed by atoms with Gasteiger partial charge in [0.05, 0.1) is 18.2 Å². The van der Waals surface area contributed by atoms with Crippen LogP contribution in [0.4, 0.5) is 14.7 Å². The van der Waals surface area contributed by atoms with E-state index in [2.05, 4.69) is 4.98 Å². The second-order valence-electron chi connectivity index (χ2n) is 9.41. The maximum absolute atomic E-state index is 14.7.